The number of likely N-dealkylation sites (tertiary alicyclic amines) is 1. The van der Waals surface area contributed by atoms with Gasteiger partial charge in [-0.15, -0.1) is 0 Å². The number of nitrogens with two attached hydrogens (primary N) is 1. The summed E-state index contributed by atoms with van der Waals surface area (Å²) in [6.45, 7) is 7.63. The first-order chi connectivity index (χ1) is 10.6. The van der Waals surface area contributed by atoms with Gasteiger partial charge in [-0.25, -0.2) is 0 Å². The van der Waals surface area contributed by atoms with Crippen molar-refractivity contribution in [3.05, 3.63) is 34.9 Å². The Hall–Kier alpha value is -1.39. The Kier molecular flexibility index (Phi) is 4.50. The maximum atomic E-state index is 12.9. The summed E-state index contributed by atoms with van der Waals surface area (Å²) >= 11 is 0. The molecule has 0 spiro atoms. The van der Waals surface area contributed by atoms with Crippen molar-refractivity contribution in [3.8, 4) is 0 Å². The van der Waals surface area contributed by atoms with Crippen LogP contribution < -0.4 is 11.1 Å². The van der Waals surface area contributed by atoms with Gasteiger partial charge in [0.25, 0.3) is 0 Å². The third-order valence-electron chi connectivity index (χ3n) is 5.02. The summed E-state index contributed by atoms with van der Waals surface area (Å²) in [6.07, 6.45) is 1.84. The Balaban J connectivity index is 1.80. The number of carbonyl (C=O) groups is 1. The Morgan fingerprint density at radius 1 is 1.32 bits per heavy atom. The number of hydrogen-bond donors (Lipinski definition) is 2. The van der Waals surface area contributed by atoms with Crippen molar-refractivity contribution in [1.82, 2.24) is 10.2 Å². The van der Waals surface area contributed by atoms with Crippen molar-refractivity contribution in [2.24, 2.45) is 5.73 Å². The highest BCUT2D eigenvalue weighted by atomic mass is 16.2. The number of nitrogens with one attached hydrogen (secondary N) is 1. The van der Waals surface area contributed by atoms with Crippen LogP contribution in [0.1, 0.15) is 55.2 Å². The quantitative estimate of drug-likeness (QED) is 0.878. The lowest BCUT2D eigenvalue weighted by Crippen LogP contribution is -2.47. The molecule has 1 amide bonds. The number of carbonyl (C=O) groups excluding carboxylic acids is 1. The lowest BCUT2D eigenvalue weighted by molar-refractivity contribution is -0.133. The molecule has 120 valence electrons. The minimum absolute atomic E-state index is 0.0423. The lowest BCUT2D eigenvalue weighted by Gasteiger charge is -2.35. The van der Waals surface area contributed by atoms with Gasteiger partial charge in [0.2, 0.25) is 5.91 Å². The molecule has 1 unspecified atom stereocenters. The molecule has 2 heterocycles. The van der Waals surface area contributed by atoms with Crippen molar-refractivity contribution in [2.45, 2.75) is 51.1 Å². The molecule has 2 aliphatic heterocycles. The molecule has 4 heteroatoms. The first-order valence-corrected chi connectivity index (χ1v) is 8.44. The molecule has 22 heavy (non-hydrogen) atoms. The van der Waals surface area contributed by atoms with Crippen molar-refractivity contribution in [2.75, 3.05) is 19.6 Å². The number of fused-ring (bicyclic) bond motifs is 1. The number of amides is 1. The zero-order chi connectivity index (χ0) is 15.7. The standard InChI is InChI=1S/C18H27N3O/c1-12(2)13-3-4-16-14(9-13)10-20-11-17(16)18(22)21-7-5-15(19)6-8-21/h3-4,9,12,15,17,20H,5-8,10-11,19H2,1-2H3. The fourth-order valence-electron chi connectivity index (χ4n) is 3.50. The van der Waals surface area contributed by atoms with E-state index in [0.29, 0.717) is 5.92 Å². The second kappa shape index (κ2) is 6.39. The number of nitrogens with zero attached hydrogens (tertiary/aromatic N) is 1. The largest absolute Gasteiger partial charge is 0.342 e. The molecule has 3 N–H and O–H groups in total. The van der Waals surface area contributed by atoms with Crippen LogP contribution in [0, 0.1) is 0 Å². The number of rotatable bonds is 2. The van der Waals surface area contributed by atoms with Crippen LogP contribution in [0.15, 0.2) is 18.2 Å². The van der Waals surface area contributed by atoms with Crippen LogP contribution in [0.25, 0.3) is 0 Å². The lowest BCUT2D eigenvalue weighted by atomic mass is 9.86. The molecule has 0 saturated carbocycles. The summed E-state index contributed by atoms with van der Waals surface area (Å²) in [6, 6.07) is 6.87. The summed E-state index contributed by atoms with van der Waals surface area (Å²) in [4.78, 5) is 14.9. The van der Waals surface area contributed by atoms with Crippen molar-refractivity contribution in [1.29, 1.82) is 0 Å². The first kappa shape index (κ1) is 15.5. The fraction of sp³-hybridized carbons (Fsp3) is 0.611. The van der Waals surface area contributed by atoms with Gasteiger partial charge in [-0.1, -0.05) is 32.0 Å². The topological polar surface area (TPSA) is 58.4 Å². The summed E-state index contributed by atoms with van der Waals surface area (Å²) in [5, 5.41) is 3.41. The summed E-state index contributed by atoms with van der Waals surface area (Å²) in [7, 11) is 0. The van der Waals surface area contributed by atoms with Crippen LogP contribution in [0.4, 0.5) is 0 Å². The van der Waals surface area contributed by atoms with Gasteiger partial charge in [0, 0.05) is 32.2 Å². The predicted octanol–water partition coefficient (Wildman–Crippen LogP) is 1.95. The van der Waals surface area contributed by atoms with Crippen LogP contribution in [-0.2, 0) is 11.3 Å². The van der Waals surface area contributed by atoms with Crippen LogP contribution in [0.2, 0.25) is 0 Å². The normalized spacial score (nSPS) is 22.7. The highest BCUT2D eigenvalue weighted by molar-refractivity contribution is 5.85. The van der Waals surface area contributed by atoms with Gasteiger partial charge in [0.05, 0.1) is 5.92 Å². The molecule has 1 saturated heterocycles. The van der Waals surface area contributed by atoms with Crippen LogP contribution in [-0.4, -0.2) is 36.5 Å². The van der Waals surface area contributed by atoms with Crippen LogP contribution >= 0.6 is 0 Å². The molecule has 0 bridgehead atoms. The van der Waals surface area contributed by atoms with Crippen molar-refractivity contribution in [3.63, 3.8) is 0 Å². The predicted molar refractivity (Wildman–Crippen MR) is 88.8 cm³/mol. The van der Waals surface area contributed by atoms with Gasteiger partial charge < -0.3 is 16.0 Å². The third-order valence-corrected chi connectivity index (χ3v) is 5.02. The summed E-state index contributed by atoms with van der Waals surface area (Å²) in [5.41, 5.74) is 9.78. The Morgan fingerprint density at radius 3 is 2.73 bits per heavy atom. The van der Waals surface area contributed by atoms with E-state index in [0.717, 1.165) is 39.0 Å². The first-order valence-electron chi connectivity index (χ1n) is 8.44. The van der Waals surface area contributed by atoms with E-state index in [-0.39, 0.29) is 17.9 Å². The average molecular weight is 301 g/mol. The van der Waals surface area contributed by atoms with Gasteiger partial charge >= 0.3 is 0 Å². The fourth-order valence-corrected chi connectivity index (χ4v) is 3.50. The molecule has 0 aliphatic carbocycles. The highest BCUT2D eigenvalue weighted by Gasteiger charge is 2.31. The molecular weight excluding hydrogens is 274 g/mol. The molecule has 0 aromatic heterocycles. The smallest absolute Gasteiger partial charge is 0.231 e. The van der Waals surface area contributed by atoms with E-state index in [2.05, 4.69) is 37.4 Å². The molecule has 4 nitrogen and oxygen atoms in total. The van der Waals surface area contributed by atoms with E-state index < -0.39 is 0 Å². The second-order valence-corrected chi connectivity index (χ2v) is 6.96. The van der Waals surface area contributed by atoms with Gasteiger partial charge in [0.15, 0.2) is 0 Å². The average Bonchev–Trinajstić information content (AvgIpc) is 2.53. The van der Waals surface area contributed by atoms with E-state index >= 15 is 0 Å². The second-order valence-electron chi connectivity index (χ2n) is 6.96. The van der Waals surface area contributed by atoms with E-state index in [4.69, 9.17) is 5.73 Å². The third kappa shape index (κ3) is 3.03. The van der Waals surface area contributed by atoms with Gasteiger partial charge in [-0.2, -0.15) is 0 Å². The summed E-state index contributed by atoms with van der Waals surface area (Å²) in [5.74, 6) is 0.738. The van der Waals surface area contributed by atoms with Crippen LogP contribution in [0.5, 0.6) is 0 Å². The number of benzene rings is 1. The zero-order valence-corrected chi connectivity index (χ0v) is 13.6. The zero-order valence-electron chi connectivity index (χ0n) is 13.6. The monoisotopic (exact) mass is 301 g/mol. The van der Waals surface area contributed by atoms with E-state index in [1.54, 1.807) is 0 Å². The summed E-state index contributed by atoms with van der Waals surface area (Å²) < 4.78 is 0. The minimum atomic E-state index is -0.0423. The van der Waals surface area contributed by atoms with E-state index in [1.165, 1.54) is 16.7 Å². The van der Waals surface area contributed by atoms with Gasteiger partial charge in [-0.05, 0) is 35.4 Å². The Labute approximate surface area is 133 Å². The maximum Gasteiger partial charge on any atom is 0.231 e. The van der Waals surface area contributed by atoms with E-state index in [1.807, 2.05) is 4.90 Å². The maximum absolute atomic E-state index is 12.9. The molecule has 1 fully saturated rings. The molecule has 1 atom stereocenters. The highest BCUT2D eigenvalue weighted by Crippen LogP contribution is 2.29. The Morgan fingerprint density at radius 2 is 2.05 bits per heavy atom. The van der Waals surface area contributed by atoms with Crippen LogP contribution in [0.3, 0.4) is 0 Å². The van der Waals surface area contributed by atoms with Gasteiger partial charge in [0.1, 0.15) is 0 Å². The van der Waals surface area contributed by atoms with Gasteiger partial charge in [-0.3, -0.25) is 4.79 Å². The molecule has 2 aliphatic rings. The van der Waals surface area contributed by atoms with Crippen molar-refractivity contribution >= 4 is 5.91 Å². The molecular formula is C18H27N3O. The van der Waals surface area contributed by atoms with Crippen molar-refractivity contribution < 1.29 is 4.79 Å². The SMILES string of the molecule is CC(C)c1ccc2c(c1)CNCC2C(=O)N1CCC(N)CC1. The molecule has 3 rings (SSSR count). The molecule has 1 aromatic carbocycles. The molecule has 1 aromatic rings. The molecule has 0 radical (unpaired) electrons. The minimum Gasteiger partial charge on any atom is -0.342 e. The Bertz CT molecular complexity index is 547. The number of piperidine rings is 1. The number of hydrogen-bond acceptors (Lipinski definition) is 3. The van der Waals surface area contributed by atoms with E-state index in [9.17, 15) is 4.79 Å².